The summed E-state index contributed by atoms with van der Waals surface area (Å²) in [7, 11) is 0. The van der Waals surface area contributed by atoms with Crippen LogP contribution in [0.15, 0.2) is 67.1 Å². The van der Waals surface area contributed by atoms with Gasteiger partial charge in [-0.1, -0.05) is 30.3 Å². The Morgan fingerprint density at radius 3 is 2.43 bits per heavy atom. The second-order valence-corrected chi connectivity index (χ2v) is 6.59. The molecule has 4 aromatic rings. The first kappa shape index (κ1) is 19.5. The van der Waals surface area contributed by atoms with Crippen LogP contribution >= 0.6 is 0 Å². The highest BCUT2D eigenvalue weighted by Gasteiger charge is 2.35. The molecule has 0 aliphatic heterocycles. The number of rotatable bonds is 4. The highest BCUT2D eigenvalue weighted by atomic mass is 19.4. The van der Waals surface area contributed by atoms with Crippen molar-refractivity contribution in [3.05, 3.63) is 78.4 Å². The van der Waals surface area contributed by atoms with Gasteiger partial charge in [-0.25, -0.2) is 0 Å². The lowest BCUT2D eigenvalue weighted by Crippen LogP contribution is -2.16. The highest BCUT2D eigenvalue weighted by molar-refractivity contribution is 5.97. The average molecular weight is 410 g/mol. The Balaban J connectivity index is 1.82. The van der Waals surface area contributed by atoms with E-state index in [0.29, 0.717) is 16.8 Å². The third-order valence-electron chi connectivity index (χ3n) is 4.74. The van der Waals surface area contributed by atoms with Crippen LogP contribution in [0, 0.1) is 0 Å². The minimum Gasteiger partial charge on any atom is -0.397 e. The van der Waals surface area contributed by atoms with Gasteiger partial charge in [-0.05, 0) is 40.5 Å². The third-order valence-corrected chi connectivity index (χ3v) is 4.74. The van der Waals surface area contributed by atoms with Crippen molar-refractivity contribution >= 4 is 16.6 Å². The Bertz CT molecular complexity index is 1230. The van der Waals surface area contributed by atoms with E-state index in [2.05, 4.69) is 15.5 Å². The maximum Gasteiger partial charge on any atom is 0.433 e. The maximum absolute atomic E-state index is 13.3. The van der Waals surface area contributed by atoms with E-state index in [1.807, 2.05) is 35.4 Å². The minimum atomic E-state index is -4.53. The fraction of sp³-hybridized carbons (Fsp3) is 0.0476. The van der Waals surface area contributed by atoms with Gasteiger partial charge in [0.25, 0.3) is 0 Å². The fourth-order valence-electron chi connectivity index (χ4n) is 3.30. The van der Waals surface area contributed by atoms with Gasteiger partial charge in [0.2, 0.25) is 0 Å². The number of aromatic amines is 1. The van der Waals surface area contributed by atoms with Gasteiger partial charge < -0.3 is 11.2 Å². The molecule has 2 aromatic heterocycles. The Labute approximate surface area is 169 Å². The van der Waals surface area contributed by atoms with Gasteiger partial charge in [-0.2, -0.15) is 18.3 Å². The number of halogens is 3. The molecule has 0 saturated heterocycles. The summed E-state index contributed by atoms with van der Waals surface area (Å²) in [6, 6.07) is 14.3. The zero-order chi connectivity index (χ0) is 21.3. The van der Waals surface area contributed by atoms with Gasteiger partial charge in [-0.15, -0.1) is 0 Å². The van der Waals surface area contributed by atoms with Crippen LogP contribution in [0.5, 0.6) is 0 Å². The molecule has 0 saturated carbocycles. The molecule has 6 nitrogen and oxygen atoms in total. The predicted molar refractivity (Wildman–Crippen MR) is 109 cm³/mol. The molecule has 0 bridgehead atoms. The smallest absolute Gasteiger partial charge is 0.397 e. The third kappa shape index (κ3) is 3.58. The number of alkyl halides is 3. The van der Waals surface area contributed by atoms with Crippen LogP contribution in [0.4, 0.5) is 13.2 Å². The zero-order valence-electron chi connectivity index (χ0n) is 15.5. The van der Waals surface area contributed by atoms with Gasteiger partial charge in [0.15, 0.2) is 0 Å². The van der Waals surface area contributed by atoms with E-state index in [9.17, 15) is 13.2 Å². The molecule has 152 valence electrons. The first-order valence-corrected chi connectivity index (χ1v) is 8.91. The van der Waals surface area contributed by atoms with Crippen molar-refractivity contribution in [2.75, 3.05) is 0 Å². The second kappa shape index (κ2) is 7.53. The van der Waals surface area contributed by atoms with Gasteiger partial charge in [0, 0.05) is 23.3 Å². The summed E-state index contributed by atoms with van der Waals surface area (Å²) >= 11 is 0. The van der Waals surface area contributed by atoms with E-state index in [-0.39, 0.29) is 5.56 Å². The van der Waals surface area contributed by atoms with Crippen LogP contribution in [-0.4, -0.2) is 15.2 Å². The summed E-state index contributed by atoms with van der Waals surface area (Å²) in [5, 5.41) is 6.35. The molecule has 0 aliphatic rings. The number of nitrogens with zero attached hydrogens (tertiary/aromatic N) is 2. The van der Waals surface area contributed by atoms with Crippen molar-refractivity contribution < 1.29 is 13.2 Å². The van der Waals surface area contributed by atoms with E-state index in [1.165, 1.54) is 12.4 Å². The Kier molecular flexibility index (Phi) is 4.88. The summed E-state index contributed by atoms with van der Waals surface area (Å²) in [6.45, 7) is 0. The molecule has 0 amide bonds. The first-order valence-electron chi connectivity index (χ1n) is 8.91. The normalized spacial score (nSPS) is 12.3. The number of fused-ring (bicyclic) bond motifs is 1. The number of benzene rings is 2. The summed E-state index contributed by atoms with van der Waals surface area (Å²) in [4.78, 5) is 4.33. The highest BCUT2D eigenvalue weighted by Crippen LogP contribution is 2.37. The number of hydrazine groups is 1. The van der Waals surface area contributed by atoms with E-state index in [4.69, 9.17) is 11.6 Å². The van der Waals surface area contributed by atoms with E-state index < -0.39 is 11.9 Å². The fourth-order valence-corrected chi connectivity index (χ4v) is 3.30. The first-order chi connectivity index (χ1) is 14.4. The van der Waals surface area contributed by atoms with Gasteiger partial charge >= 0.3 is 6.18 Å². The summed E-state index contributed by atoms with van der Waals surface area (Å²) in [5.74, 6) is 5.25. The molecule has 0 spiro atoms. The zero-order valence-corrected chi connectivity index (χ0v) is 15.5. The van der Waals surface area contributed by atoms with Crippen LogP contribution in [0.1, 0.15) is 11.3 Å². The number of hydrogen-bond acceptors (Lipinski definition) is 5. The molecule has 9 heteroatoms. The SMILES string of the molecule is NN/C=C(\N)c1ccc(-c2ccnc3ccc(-c4cn[nH]c4C(F)(F)F)cc23)cc1. The summed E-state index contributed by atoms with van der Waals surface area (Å²) in [6.07, 6.45) is -0.210. The van der Waals surface area contributed by atoms with Crippen LogP contribution in [-0.2, 0) is 6.18 Å². The Morgan fingerprint density at radius 1 is 1.00 bits per heavy atom. The van der Waals surface area contributed by atoms with Crippen molar-refractivity contribution in [1.82, 2.24) is 20.6 Å². The van der Waals surface area contributed by atoms with E-state index in [1.54, 1.807) is 24.4 Å². The number of nitrogens with two attached hydrogens (primary N) is 2. The number of H-pyrrole nitrogens is 1. The lowest BCUT2D eigenvalue weighted by Gasteiger charge is -2.11. The molecule has 0 aliphatic carbocycles. The Hall–Kier alpha value is -3.85. The number of nitrogens with one attached hydrogen (secondary N) is 2. The van der Waals surface area contributed by atoms with Gasteiger partial charge in [0.05, 0.1) is 17.4 Å². The quantitative estimate of drug-likeness (QED) is 0.300. The summed E-state index contributed by atoms with van der Waals surface area (Å²) < 4.78 is 39.8. The van der Waals surface area contributed by atoms with Crippen molar-refractivity contribution in [2.45, 2.75) is 6.18 Å². The molecule has 6 N–H and O–H groups in total. The lowest BCUT2D eigenvalue weighted by molar-refractivity contribution is -0.140. The molecule has 2 aromatic carbocycles. The molecule has 30 heavy (non-hydrogen) atoms. The average Bonchev–Trinajstić information content (AvgIpc) is 3.24. The topological polar surface area (TPSA) is 106 Å². The Morgan fingerprint density at radius 2 is 1.73 bits per heavy atom. The summed E-state index contributed by atoms with van der Waals surface area (Å²) in [5.41, 5.74) is 11.5. The lowest BCUT2D eigenvalue weighted by atomic mass is 9.96. The van der Waals surface area contributed by atoms with Gasteiger partial charge in [0.1, 0.15) is 5.69 Å². The van der Waals surface area contributed by atoms with Crippen molar-refractivity contribution in [3.8, 4) is 22.3 Å². The van der Waals surface area contributed by atoms with Crippen LogP contribution in [0.2, 0.25) is 0 Å². The second-order valence-electron chi connectivity index (χ2n) is 6.59. The maximum atomic E-state index is 13.3. The van der Waals surface area contributed by atoms with Crippen molar-refractivity contribution in [2.24, 2.45) is 11.6 Å². The number of pyridine rings is 1. The molecular weight excluding hydrogens is 393 g/mol. The van der Waals surface area contributed by atoms with E-state index >= 15 is 0 Å². The minimum absolute atomic E-state index is 0.0123. The standard InChI is InChI=1S/C21H17F3N6/c22-21(23,24)20-17(10-29-30-20)14-5-6-19-16(9-14)15(7-8-27-19)12-1-3-13(4-2-12)18(25)11-28-26/h1-11,28H,25-26H2,(H,29,30)/b18-11-. The van der Waals surface area contributed by atoms with Crippen LogP contribution in [0.25, 0.3) is 38.9 Å². The predicted octanol–water partition coefficient (Wildman–Crippen LogP) is 4.03. The molecule has 2 heterocycles. The van der Waals surface area contributed by atoms with Crippen molar-refractivity contribution in [1.29, 1.82) is 0 Å². The molecule has 0 radical (unpaired) electrons. The molecule has 4 rings (SSSR count). The number of hydrogen-bond donors (Lipinski definition) is 4. The largest absolute Gasteiger partial charge is 0.433 e. The van der Waals surface area contributed by atoms with Crippen LogP contribution < -0.4 is 17.0 Å². The molecule has 0 atom stereocenters. The molecule has 0 fully saturated rings. The molecular formula is C21H17F3N6. The van der Waals surface area contributed by atoms with Gasteiger partial charge in [-0.3, -0.25) is 15.9 Å². The van der Waals surface area contributed by atoms with Crippen LogP contribution in [0.3, 0.4) is 0 Å². The van der Waals surface area contributed by atoms with E-state index in [0.717, 1.165) is 22.1 Å². The monoisotopic (exact) mass is 410 g/mol. The number of aromatic nitrogens is 3. The molecule has 0 unspecified atom stereocenters. The van der Waals surface area contributed by atoms with Crippen molar-refractivity contribution in [3.63, 3.8) is 0 Å².